The second kappa shape index (κ2) is 7.81. The fourth-order valence-corrected chi connectivity index (χ4v) is 2.28. The summed E-state index contributed by atoms with van der Waals surface area (Å²) in [6.07, 6.45) is -4.55. The number of ketones is 1. The predicted molar refractivity (Wildman–Crippen MR) is 86.9 cm³/mol. The molecule has 0 spiro atoms. The van der Waals surface area contributed by atoms with Gasteiger partial charge in [-0.15, -0.1) is 0 Å². The van der Waals surface area contributed by atoms with Crippen molar-refractivity contribution in [3.05, 3.63) is 70.8 Å². The molecule has 0 heterocycles. The minimum atomic E-state index is -4.55. The number of benzene rings is 2. The molecule has 0 bridgehead atoms. The Labute approximate surface area is 147 Å². The molecule has 0 fully saturated rings. The minimum Gasteiger partial charge on any atom is -0.463 e. The summed E-state index contributed by atoms with van der Waals surface area (Å²) in [5, 5.41) is 3.76. The summed E-state index contributed by atoms with van der Waals surface area (Å²) in [5.41, 5.74) is -0.745. The van der Waals surface area contributed by atoms with E-state index < -0.39 is 23.5 Å². The molecule has 0 unspecified atom stereocenters. The van der Waals surface area contributed by atoms with Crippen LogP contribution in [0.25, 0.3) is 0 Å². The summed E-state index contributed by atoms with van der Waals surface area (Å²) in [7, 11) is 2.28. The number of hydrogen-bond acceptors (Lipinski definition) is 5. The molecule has 136 valence electrons. The Morgan fingerprint density at radius 1 is 0.962 bits per heavy atom. The van der Waals surface area contributed by atoms with E-state index in [0.29, 0.717) is 0 Å². The minimum absolute atomic E-state index is 0.0218. The van der Waals surface area contributed by atoms with E-state index in [1.54, 1.807) is 6.07 Å². The van der Waals surface area contributed by atoms with Gasteiger partial charge in [0.25, 0.3) is 5.78 Å². The number of ether oxygens (including phenoxy) is 1. The highest BCUT2D eigenvalue weighted by atomic mass is 19.4. The smallest absolute Gasteiger partial charge is 0.416 e. The molecule has 0 aliphatic carbocycles. The van der Waals surface area contributed by atoms with Gasteiger partial charge in [0.05, 0.1) is 12.7 Å². The zero-order chi connectivity index (χ0) is 19.3. The van der Waals surface area contributed by atoms with Crippen LogP contribution >= 0.6 is 0 Å². The third kappa shape index (κ3) is 4.08. The number of esters is 1. The summed E-state index contributed by atoms with van der Waals surface area (Å²) >= 11 is 0. The third-order valence-corrected chi connectivity index (χ3v) is 3.44. The second-order valence-corrected chi connectivity index (χ2v) is 5.07. The largest absolute Gasteiger partial charge is 0.463 e. The molecule has 0 aliphatic heterocycles. The van der Waals surface area contributed by atoms with Crippen LogP contribution in [0.2, 0.25) is 0 Å². The van der Waals surface area contributed by atoms with E-state index in [1.165, 1.54) is 37.4 Å². The Morgan fingerprint density at radius 3 is 2.19 bits per heavy atom. The molecule has 0 atom stereocenters. The van der Waals surface area contributed by atoms with E-state index in [-0.39, 0.29) is 22.4 Å². The van der Waals surface area contributed by atoms with Crippen molar-refractivity contribution < 1.29 is 32.3 Å². The number of rotatable bonds is 5. The van der Waals surface area contributed by atoms with Gasteiger partial charge in [-0.1, -0.05) is 41.6 Å². The maximum absolute atomic E-state index is 13.0. The highest BCUT2D eigenvalue weighted by molar-refractivity contribution is 6.42. The monoisotopic (exact) mass is 365 g/mol. The van der Waals surface area contributed by atoms with Crippen molar-refractivity contribution in [2.75, 3.05) is 14.2 Å². The van der Waals surface area contributed by atoms with Crippen molar-refractivity contribution in [2.45, 2.75) is 6.18 Å². The zero-order valence-electron chi connectivity index (χ0n) is 13.8. The van der Waals surface area contributed by atoms with Gasteiger partial charge < -0.3 is 9.57 Å². The average Bonchev–Trinajstić information content (AvgIpc) is 2.64. The topological polar surface area (TPSA) is 65.0 Å². The van der Waals surface area contributed by atoms with Crippen LogP contribution in [0.1, 0.15) is 27.0 Å². The molecular weight excluding hydrogens is 351 g/mol. The molecule has 0 radical (unpaired) electrons. The van der Waals surface area contributed by atoms with Gasteiger partial charge in [0, 0.05) is 16.7 Å². The number of hydrogen-bond donors (Lipinski definition) is 0. The van der Waals surface area contributed by atoms with Crippen LogP contribution in [0.5, 0.6) is 0 Å². The number of methoxy groups -OCH3 is 1. The lowest BCUT2D eigenvalue weighted by Gasteiger charge is -2.13. The third-order valence-electron chi connectivity index (χ3n) is 3.44. The van der Waals surface area contributed by atoms with Crippen LogP contribution < -0.4 is 0 Å². The summed E-state index contributed by atoms with van der Waals surface area (Å²) in [5.74, 6) is -2.04. The lowest BCUT2D eigenvalue weighted by Crippen LogP contribution is -2.20. The molecule has 0 saturated carbocycles. The number of Topliss-reactive ketones (excluding diaryl/α,β-unsaturated/α-hetero) is 1. The molecule has 2 aromatic carbocycles. The highest BCUT2D eigenvalue weighted by Gasteiger charge is 2.31. The maximum atomic E-state index is 13.0. The van der Waals surface area contributed by atoms with Crippen LogP contribution in [0.3, 0.4) is 0 Å². The van der Waals surface area contributed by atoms with E-state index in [9.17, 15) is 22.8 Å². The first kappa shape index (κ1) is 19.2. The Balaban J connectivity index is 2.62. The van der Waals surface area contributed by atoms with Gasteiger partial charge in [-0.3, -0.25) is 4.79 Å². The molecule has 26 heavy (non-hydrogen) atoms. The first-order valence-electron chi connectivity index (χ1n) is 7.30. The number of carbonyl (C=O) groups is 2. The molecule has 0 amide bonds. The van der Waals surface area contributed by atoms with Crippen molar-refractivity contribution in [1.29, 1.82) is 0 Å². The Bertz CT molecular complexity index is 860. The van der Waals surface area contributed by atoms with Crippen LogP contribution in [-0.4, -0.2) is 31.7 Å². The van der Waals surface area contributed by atoms with Crippen molar-refractivity contribution in [3.63, 3.8) is 0 Å². The van der Waals surface area contributed by atoms with Gasteiger partial charge in [-0.2, -0.15) is 13.2 Å². The van der Waals surface area contributed by atoms with Gasteiger partial charge in [-0.05, 0) is 12.1 Å². The van der Waals surface area contributed by atoms with E-state index in [1.807, 2.05) is 0 Å². The molecule has 5 nitrogen and oxygen atoms in total. The van der Waals surface area contributed by atoms with E-state index in [0.717, 1.165) is 19.2 Å². The van der Waals surface area contributed by atoms with E-state index in [2.05, 4.69) is 9.89 Å². The van der Waals surface area contributed by atoms with Crippen LogP contribution in [-0.2, 0) is 20.5 Å². The summed E-state index contributed by atoms with van der Waals surface area (Å²) in [6, 6.07) is 10.3. The molecule has 8 heteroatoms. The van der Waals surface area contributed by atoms with Gasteiger partial charge >= 0.3 is 12.1 Å². The molecule has 2 aromatic rings. The lowest BCUT2D eigenvalue weighted by atomic mass is 9.94. The fraction of sp³-hybridized carbons (Fsp3) is 0.167. The maximum Gasteiger partial charge on any atom is 0.416 e. The SMILES string of the molecule is CO/N=C(/c1cccc(C(F)(F)F)c1)c1ccccc1C(=O)C(=O)OC. The molecule has 2 rings (SSSR count). The predicted octanol–water partition coefficient (Wildman–Crippen LogP) is 3.46. The molecule has 0 aliphatic rings. The number of carbonyl (C=O) groups excluding carboxylic acids is 2. The lowest BCUT2D eigenvalue weighted by molar-refractivity contribution is -0.137. The highest BCUT2D eigenvalue weighted by Crippen LogP contribution is 2.30. The Kier molecular flexibility index (Phi) is 5.76. The van der Waals surface area contributed by atoms with Crippen LogP contribution in [0.15, 0.2) is 53.7 Å². The summed E-state index contributed by atoms with van der Waals surface area (Å²) < 4.78 is 43.4. The van der Waals surface area contributed by atoms with Crippen molar-refractivity contribution in [3.8, 4) is 0 Å². The number of alkyl halides is 3. The summed E-state index contributed by atoms with van der Waals surface area (Å²) in [4.78, 5) is 28.5. The van der Waals surface area contributed by atoms with Crippen LogP contribution in [0.4, 0.5) is 13.2 Å². The molecule has 0 saturated heterocycles. The fourth-order valence-electron chi connectivity index (χ4n) is 2.28. The van der Waals surface area contributed by atoms with E-state index >= 15 is 0 Å². The Hall–Kier alpha value is -3.16. The average molecular weight is 365 g/mol. The van der Waals surface area contributed by atoms with Gasteiger partial charge in [0.2, 0.25) is 0 Å². The van der Waals surface area contributed by atoms with Gasteiger partial charge in [0.1, 0.15) is 12.8 Å². The molecule has 0 N–H and O–H groups in total. The zero-order valence-corrected chi connectivity index (χ0v) is 13.8. The van der Waals surface area contributed by atoms with Crippen molar-refractivity contribution >= 4 is 17.5 Å². The standard InChI is InChI=1S/C18H14F3NO4/c1-25-17(24)16(23)14-9-4-3-8-13(14)15(22-26-2)11-6-5-7-12(10-11)18(19,20)21/h3-10H,1-2H3/b22-15-. The van der Waals surface area contributed by atoms with Crippen molar-refractivity contribution in [2.24, 2.45) is 5.16 Å². The van der Waals surface area contributed by atoms with Gasteiger partial charge in [-0.25, -0.2) is 4.79 Å². The van der Waals surface area contributed by atoms with Crippen molar-refractivity contribution in [1.82, 2.24) is 0 Å². The number of nitrogens with zero attached hydrogens (tertiary/aromatic N) is 1. The normalized spacial score (nSPS) is 11.8. The summed E-state index contributed by atoms with van der Waals surface area (Å²) in [6.45, 7) is 0. The first-order chi connectivity index (χ1) is 12.3. The molecule has 0 aromatic heterocycles. The van der Waals surface area contributed by atoms with E-state index in [4.69, 9.17) is 4.84 Å². The Morgan fingerprint density at radius 2 is 1.62 bits per heavy atom. The van der Waals surface area contributed by atoms with Gasteiger partial charge in [0.15, 0.2) is 0 Å². The van der Waals surface area contributed by atoms with Crippen LogP contribution in [0, 0.1) is 0 Å². The molecular formula is C18H14F3NO4. The number of oxime groups is 1. The number of halogens is 3. The first-order valence-corrected chi connectivity index (χ1v) is 7.30. The second-order valence-electron chi connectivity index (χ2n) is 5.07. The quantitative estimate of drug-likeness (QED) is 0.268.